The first-order valence-electron chi connectivity index (χ1n) is 35.0. The Kier molecular flexibility index (Phi) is 20.6. The molecule has 107 heavy (non-hydrogen) atoms. The van der Waals surface area contributed by atoms with Crippen LogP contribution >= 0.6 is 15.9 Å². The second kappa shape index (κ2) is 29.3. The molecule has 3 aliphatic heterocycles. The maximum absolute atomic E-state index is 12.8. The fourth-order valence-corrected chi connectivity index (χ4v) is 18.4. The number of nitrogens with zero attached hydrogens (tertiary/aromatic N) is 8. The Morgan fingerprint density at radius 1 is 0.393 bits per heavy atom. The van der Waals surface area contributed by atoms with Gasteiger partial charge in [-0.05, 0) is 112 Å². The Balaban J connectivity index is 0.000000142. The maximum Gasteiger partial charge on any atom is 0.226 e. The van der Waals surface area contributed by atoms with Crippen LogP contribution in [0, 0.1) is 40.4 Å². The van der Waals surface area contributed by atoms with Crippen LogP contribution in [0.3, 0.4) is 0 Å². The lowest BCUT2D eigenvalue weighted by atomic mass is 9.70. The van der Waals surface area contributed by atoms with E-state index >= 15 is 0 Å². The van der Waals surface area contributed by atoms with Crippen LogP contribution < -0.4 is 42.6 Å². The third kappa shape index (κ3) is 11.7. The van der Waals surface area contributed by atoms with Crippen molar-refractivity contribution in [3.8, 4) is 64.7 Å². The van der Waals surface area contributed by atoms with Crippen LogP contribution in [0.5, 0.6) is 52.5 Å². The second-order valence-corrected chi connectivity index (χ2v) is 29.5. The Bertz CT molecular complexity index is 4590. The van der Waals surface area contributed by atoms with E-state index in [9.17, 15) is 41.2 Å². The molecule has 23 nitrogen and oxygen atoms in total. The number of fused-ring (bicyclic) bond motifs is 9. The van der Waals surface area contributed by atoms with Gasteiger partial charge in [0.25, 0.3) is 0 Å². The van der Waals surface area contributed by atoms with Gasteiger partial charge in [-0.1, -0.05) is 143 Å². The summed E-state index contributed by atoms with van der Waals surface area (Å²) >= 11 is 3.52. The highest BCUT2D eigenvalue weighted by atomic mass is 79.9. The van der Waals surface area contributed by atoms with E-state index in [4.69, 9.17) is 42.6 Å². The fourth-order valence-electron chi connectivity index (χ4n) is 18.1. The van der Waals surface area contributed by atoms with Gasteiger partial charge in [0.1, 0.15) is 17.2 Å². The minimum absolute atomic E-state index is 0.124. The molecule has 24 heteroatoms. The molecule has 3 fully saturated rings. The van der Waals surface area contributed by atoms with Crippen LogP contribution in [-0.4, -0.2) is 183 Å². The molecule has 15 atom stereocenters. The zero-order valence-corrected chi connectivity index (χ0v) is 63.0. The van der Waals surface area contributed by atoms with Crippen LogP contribution in [0.2, 0.25) is 0 Å². The van der Waals surface area contributed by atoms with Gasteiger partial charge in [0.2, 0.25) is 35.3 Å². The fraction of sp³-hybridized carbons (Fsp3) is 0.361. The first kappa shape index (κ1) is 75.3. The number of aromatic nitrogens is 3. The van der Waals surface area contributed by atoms with E-state index in [0.717, 1.165) is 26.7 Å². The second-order valence-electron chi connectivity index (χ2n) is 28.6. The molecule has 0 amide bonds. The van der Waals surface area contributed by atoms with E-state index in [0.29, 0.717) is 70.6 Å². The molecule has 3 aromatic heterocycles. The lowest BCUT2D eigenvalue weighted by Gasteiger charge is -2.41. The standard InChI is InChI=1S/2C28H29N3O5.C27H29BrN2O5/c2*1-31(2)16-20-23(18-8-6-5-7-9-18)28(19-12-10-17(15-29)11-13-19)27(33,25(20)32)24-21(36-28)14-22(34-3)30-26(24)35-4;1-30(2)15-19-22(16-8-6-5-7-9-16)27(17-10-12-18(28)13-11-17)26(32,24(19)31)23-20(35-27)14-21(33-3)29-25(23)34-4/h2*5-14,20,23,25,32-33H,16H2,1-4H3;5-14,19,22,24,31-32H,15H2,1-4H3/t2*20-,23-,25-,27+,28+;19-,22-,24-,26+,27+/m111/s1. The molecule has 0 unspecified atom stereocenters. The number of halogens is 1. The van der Waals surface area contributed by atoms with E-state index in [-0.39, 0.29) is 46.4 Å². The van der Waals surface area contributed by atoms with Gasteiger partial charge in [-0.3, -0.25) is 0 Å². The predicted molar refractivity (Wildman–Crippen MR) is 399 cm³/mol. The van der Waals surface area contributed by atoms with E-state index in [1.807, 2.05) is 172 Å². The van der Waals surface area contributed by atoms with Crippen molar-refractivity contribution in [3.63, 3.8) is 0 Å². The van der Waals surface area contributed by atoms with Crippen molar-refractivity contribution in [2.45, 2.75) is 69.7 Å². The van der Waals surface area contributed by atoms with Gasteiger partial charge < -0.3 is 88.0 Å². The van der Waals surface area contributed by atoms with Gasteiger partial charge in [-0.2, -0.15) is 25.5 Å². The molecule has 6 heterocycles. The lowest BCUT2D eigenvalue weighted by molar-refractivity contribution is -0.152. The third-order valence-electron chi connectivity index (χ3n) is 22.1. The van der Waals surface area contributed by atoms with Crippen molar-refractivity contribution >= 4 is 15.9 Å². The molecule has 0 bridgehead atoms. The summed E-state index contributed by atoms with van der Waals surface area (Å²) < 4.78 is 54.3. The van der Waals surface area contributed by atoms with E-state index < -0.39 is 81.5 Å². The van der Waals surface area contributed by atoms with Crippen LogP contribution in [0.25, 0.3) is 0 Å². The average Bonchev–Trinajstić information content (AvgIpc) is 1.51. The van der Waals surface area contributed by atoms with Gasteiger partial charge in [-0.25, -0.2) is 0 Å². The summed E-state index contributed by atoms with van der Waals surface area (Å²) in [7, 11) is 20.5. The average molecular weight is 1520 g/mol. The summed E-state index contributed by atoms with van der Waals surface area (Å²) in [4.78, 5) is 19.3. The highest BCUT2D eigenvalue weighted by molar-refractivity contribution is 9.10. The van der Waals surface area contributed by atoms with E-state index in [2.05, 4.69) is 43.0 Å². The van der Waals surface area contributed by atoms with Gasteiger partial charge in [-0.15, -0.1) is 0 Å². The molecule has 6 aromatic carbocycles. The third-order valence-corrected chi connectivity index (χ3v) is 22.6. The number of pyridine rings is 3. The summed E-state index contributed by atoms with van der Waals surface area (Å²) in [6.45, 7) is 1.52. The van der Waals surface area contributed by atoms with Crippen molar-refractivity contribution in [2.24, 2.45) is 17.8 Å². The van der Waals surface area contributed by atoms with Crippen LogP contribution in [0.15, 0.2) is 186 Å². The molecule has 0 saturated heterocycles. The van der Waals surface area contributed by atoms with Crippen LogP contribution in [-0.2, 0) is 33.6 Å². The van der Waals surface area contributed by atoms with Crippen molar-refractivity contribution < 1.29 is 73.3 Å². The molecule has 6 N–H and O–H groups in total. The SMILES string of the molecule is COc1cc2c(c(OC)n1)[C@]1(O)[C@H](O)[C@H](CN(C)C)[C@@H](c3ccccc3)[C@]1(c1ccc(Br)cc1)O2.COc1cc2c(c(OC)n1)[C@]1(O)[C@H](O)[C@H](CN(C)C)[C@@H](c3ccccc3)[C@]1(c1ccc(C#N)cc1)O2.COc1cc2c(c(OC)n1)[C@]1(O)[C@H](O)[C@H](CN(C)C)[C@@H](c3ccccc3)[C@]1(c1ccc(C#N)cc1)O2. The number of hydrogen-bond donors (Lipinski definition) is 6. The molecule has 15 rings (SSSR count). The van der Waals surface area contributed by atoms with Crippen molar-refractivity contribution in [3.05, 3.63) is 248 Å². The predicted octanol–water partition coefficient (Wildman–Crippen LogP) is 9.24. The molecule has 3 aliphatic carbocycles. The molecule has 0 spiro atoms. The van der Waals surface area contributed by atoms with Crippen LogP contribution in [0.1, 0.15) is 79.0 Å². The number of methoxy groups -OCH3 is 6. The Hall–Kier alpha value is -9.93. The van der Waals surface area contributed by atoms with Gasteiger partial charge in [0, 0.05) is 77.8 Å². The number of aliphatic hydroxyl groups is 6. The highest BCUT2D eigenvalue weighted by Crippen LogP contribution is 2.73. The first-order chi connectivity index (χ1) is 51.4. The highest BCUT2D eigenvalue weighted by Gasteiger charge is 2.80. The molecular formula is C83H87BrN8O15. The van der Waals surface area contributed by atoms with Gasteiger partial charge in [0.05, 0.1) is 101 Å². The van der Waals surface area contributed by atoms with Gasteiger partial charge in [0.15, 0.2) is 33.6 Å². The monoisotopic (exact) mass is 1510 g/mol. The summed E-state index contributed by atoms with van der Waals surface area (Å²) in [5.41, 5.74) is -3.24. The molecular weight excluding hydrogens is 1430 g/mol. The zero-order chi connectivity index (χ0) is 76.3. The number of rotatable bonds is 18. The first-order valence-corrected chi connectivity index (χ1v) is 35.7. The number of ether oxygens (including phenoxy) is 9. The minimum Gasteiger partial charge on any atom is -0.481 e. The largest absolute Gasteiger partial charge is 0.481 e. The minimum atomic E-state index is -1.91. The Morgan fingerprint density at radius 2 is 0.645 bits per heavy atom. The molecule has 6 aliphatic rings. The Labute approximate surface area is 630 Å². The van der Waals surface area contributed by atoms with Crippen molar-refractivity contribution in [2.75, 3.05) is 105 Å². The van der Waals surface area contributed by atoms with Gasteiger partial charge >= 0.3 is 0 Å². The Morgan fingerprint density at radius 3 is 0.869 bits per heavy atom. The summed E-state index contributed by atoms with van der Waals surface area (Å²) in [5, 5.41) is 93.0. The lowest BCUT2D eigenvalue weighted by Crippen LogP contribution is -2.52. The number of hydrogen-bond acceptors (Lipinski definition) is 23. The number of benzene rings is 6. The summed E-state index contributed by atoms with van der Waals surface area (Å²) in [5.74, 6) is -0.235. The molecule has 556 valence electrons. The summed E-state index contributed by atoms with van der Waals surface area (Å²) in [6.07, 6.45) is -3.64. The maximum atomic E-state index is 12.8. The topological polar surface area (TPSA) is 300 Å². The van der Waals surface area contributed by atoms with Crippen molar-refractivity contribution in [1.82, 2.24) is 29.7 Å². The van der Waals surface area contributed by atoms with Crippen molar-refractivity contribution in [1.29, 1.82) is 10.5 Å². The quantitative estimate of drug-likeness (QED) is 0.0466. The molecule has 0 radical (unpaired) electrons. The zero-order valence-electron chi connectivity index (χ0n) is 61.5. The number of nitriles is 2. The summed E-state index contributed by atoms with van der Waals surface area (Å²) in [6, 6.07) is 60.2. The van der Waals surface area contributed by atoms with Crippen LogP contribution in [0.4, 0.5) is 0 Å². The molecule has 3 saturated carbocycles. The molecule has 9 aromatic rings. The number of aliphatic hydroxyl groups excluding tert-OH is 3. The van der Waals surface area contributed by atoms with E-state index in [1.54, 1.807) is 66.7 Å². The van der Waals surface area contributed by atoms with E-state index in [1.165, 1.54) is 42.7 Å². The normalized spacial score (nSPS) is 28.5. The smallest absolute Gasteiger partial charge is 0.226 e.